The molecule has 1 aliphatic heterocycles. The number of aromatic nitrogens is 1. The lowest BCUT2D eigenvalue weighted by Gasteiger charge is -2.30. The number of nitrogens with two attached hydrogens (primary N) is 1. The number of piperidine rings is 1. The minimum absolute atomic E-state index is 0.232. The van der Waals surface area contributed by atoms with Crippen LogP contribution in [0.1, 0.15) is 19.3 Å². The molecule has 0 bridgehead atoms. The average Bonchev–Trinajstić information content (AvgIpc) is 2.82. The Balaban J connectivity index is 1.79. The number of hydrogen-bond donors (Lipinski definition) is 1. The van der Waals surface area contributed by atoms with E-state index in [2.05, 4.69) is 9.88 Å². The van der Waals surface area contributed by atoms with Crippen molar-refractivity contribution in [3.63, 3.8) is 0 Å². The minimum atomic E-state index is -0.232. The second-order valence-corrected chi connectivity index (χ2v) is 5.09. The van der Waals surface area contributed by atoms with Gasteiger partial charge in [-0.05, 0) is 30.9 Å². The highest BCUT2D eigenvalue weighted by molar-refractivity contribution is 5.75. The van der Waals surface area contributed by atoms with Gasteiger partial charge >= 0.3 is 0 Å². The lowest BCUT2D eigenvalue weighted by atomic mass is 9.95. The highest BCUT2D eigenvalue weighted by Crippen LogP contribution is 2.27. The first-order chi connectivity index (χ1) is 9.22. The summed E-state index contributed by atoms with van der Waals surface area (Å²) in [7, 11) is 0. The van der Waals surface area contributed by atoms with Crippen molar-refractivity contribution in [1.82, 2.24) is 4.98 Å². The maximum Gasteiger partial charge on any atom is 0.298 e. The van der Waals surface area contributed by atoms with Crippen LogP contribution in [0.25, 0.3) is 11.1 Å². The predicted molar refractivity (Wildman–Crippen MR) is 72.8 cm³/mol. The van der Waals surface area contributed by atoms with Gasteiger partial charge in [0.1, 0.15) is 5.52 Å². The first-order valence-electron chi connectivity index (χ1n) is 6.61. The molecule has 5 heteroatoms. The summed E-state index contributed by atoms with van der Waals surface area (Å²) in [6.07, 6.45) is 2.52. The Morgan fingerprint density at radius 1 is 1.47 bits per heavy atom. The zero-order chi connectivity index (χ0) is 13.2. The maximum atomic E-state index is 11.0. The van der Waals surface area contributed by atoms with Crippen molar-refractivity contribution >= 4 is 23.0 Å². The number of carbonyl (C=O) groups is 1. The van der Waals surface area contributed by atoms with Crippen LogP contribution in [0.15, 0.2) is 28.7 Å². The van der Waals surface area contributed by atoms with Crippen LogP contribution >= 0.6 is 0 Å². The molecule has 1 unspecified atom stereocenters. The van der Waals surface area contributed by atoms with E-state index in [1.54, 1.807) is 0 Å². The summed E-state index contributed by atoms with van der Waals surface area (Å²) in [5.41, 5.74) is 6.94. The monoisotopic (exact) mass is 259 g/mol. The molecule has 1 atom stereocenters. The molecular weight excluding hydrogens is 242 g/mol. The quantitative estimate of drug-likeness (QED) is 0.914. The van der Waals surface area contributed by atoms with E-state index >= 15 is 0 Å². The third-order valence-corrected chi connectivity index (χ3v) is 3.56. The van der Waals surface area contributed by atoms with E-state index in [1.807, 2.05) is 24.3 Å². The maximum absolute atomic E-state index is 11.0. The molecule has 1 amide bonds. The Morgan fingerprint density at radius 2 is 2.32 bits per heavy atom. The molecule has 2 heterocycles. The molecule has 1 saturated heterocycles. The second-order valence-electron chi connectivity index (χ2n) is 5.09. The average molecular weight is 259 g/mol. The largest absolute Gasteiger partial charge is 0.423 e. The van der Waals surface area contributed by atoms with Gasteiger partial charge in [0.2, 0.25) is 5.91 Å². The van der Waals surface area contributed by atoms with Gasteiger partial charge in [-0.25, -0.2) is 0 Å². The molecule has 100 valence electrons. The van der Waals surface area contributed by atoms with Gasteiger partial charge < -0.3 is 15.1 Å². The summed E-state index contributed by atoms with van der Waals surface area (Å²) in [5, 5.41) is 0. The summed E-state index contributed by atoms with van der Waals surface area (Å²) < 4.78 is 5.76. The predicted octanol–water partition coefficient (Wildman–Crippen LogP) is 1.92. The molecule has 5 nitrogen and oxygen atoms in total. The van der Waals surface area contributed by atoms with Crippen LogP contribution in [0.2, 0.25) is 0 Å². The number of rotatable bonds is 3. The van der Waals surface area contributed by atoms with Crippen molar-refractivity contribution in [3.8, 4) is 0 Å². The van der Waals surface area contributed by atoms with Gasteiger partial charge in [-0.3, -0.25) is 4.79 Å². The number of para-hydroxylation sites is 2. The number of nitrogens with zero attached hydrogens (tertiary/aromatic N) is 2. The molecular formula is C14H17N3O2. The first kappa shape index (κ1) is 12.0. The topological polar surface area (TPSA) is 72.4 Å². The molecule has 0 saturated carbocycles. The smallest absolute Gasteiger partial charge is 0.298 e. The number of fused-ring (bicyclic) bond motifs is 1. The molecule has 0 spiro atoms. The van der Waals surface area contributed by atoms with Crippen molar-refractivity contribution in [1.29, 1.82) is 0 Å². The number of amides is 1. The van der Waals surface area contributed by atoms with Gasteiger partial charge in [0.25, 0.3) is 6.01 Å². The number of primary amides is 1. The zero-order valence-corrected chi connectivity index (χ0v) is 10.7. The number of carbonyl (C=O) groups excluding carboxylic acids is 1. The highest BCUT2D eigenvalue weighted by atomic mass is 16.4. The summed E-state index contributed by atoms with van der Waals surface area (Å²) in [6, 6.07) is 8.38. The second kappa shape index (κ2) is 4.91. The molecule has 1 aromatic heterocycles. The highest BCUT2D eigenvalue weighted by Gasteiger charge is 2.24. The van der Waals surface area contributed by atoms with Crippen LogP contribution in [-0.2, 0) is 4.79 Å². The van der Waals surface area contributed by atoms with E-state index in [9.17, 15) is 4.79 Å². The Bertz CT molecular complexity index is 560. The number of benzene rings is 1. The van der Waals surface area contributed by atoms with Gasteiger partial charge in [0.05, 0.1) is 0 Å². The first-order valence-corrected chi connectivity index (χ1v) is 6.61. The van der Waals surface area contributed by atoms with Crippen molar-refractivity contribution in [2.45, 2.75) is 19.3 Å². The van der Waals surface area contributed by atoms with E-state index in [1.165, 1.54) is 0 Å². The Hall–Kier alpha value is -2.04. The molecule has 1 fully saturated rings. The minimum Gasteiger partial charge on any atom is -0.423 e. The normalized spacial score (nSPS) is 19.8. The van der Waals surface area contributed by atoms with E-state index < -0.39 is 0 Å². The number of anilines is 1. The fourth-order valence-electron chi connectivity index (χ4n) is 2.69. The van der Waals surface area contributed by atoms with E-state index in [4.69, 9.17) is 10.2 Å². The lowest BCUT2D eigenvalue weighted by molar-refractivity contribution is -0.118. The van der Waals surface area contributed by atoms with E-state index in [0.717, 1.165) is 37.0 Å². The molecule has 0 aliphatic carbocycles. The zero-order valence-electron chi connectivity index (χ0n) is 10.7. The fraction of sp³-hybridized carbons (Fsp3) is 0.429. The van der Waals surface area contributed by atoms with E-state index in [-0.39, 0.29) is 5.91 Å². The molecule has 0 radical (unpaired) electrons. The molecule has 19 heavy (non-hydrogen) atoms. The fourth-order valence-corrected chi connectivity index (χ4v) is 2.69. The standard InChI is InChI=1S/C14H17N3O2/c15-13(18)8-10-4-3-7-17(9-10)14-16-11-5-1-2-6-12(11)19-14/h1-2,5-6,10H,3-4,7-9H2,(H2,15,18). The third-order valence-electron chi connectivity index (χ3n) is 3.56. The Labute approximate surface area is 111 Å². The molecule has 1 aliphatic rings. The van der Waals surface area contributed by atoms with Gasteiger partial charge in [-0.15, -0.1) is 0 Å². The summed E-state index contributed by atoms with van der Waals surface area (Å²) in [6.45, 7) is 1.71. The van der Waals surface area contributed by atoms with Crippen molar-refractivity contribution < 1.29 is 9.21 Å². The van der Waals surface area contributed by atoms with Gasteiger partial charge in [-0.2, -0.15) is 4.98 Å². The molecule has 2 aromatic rings. The van der Waals surface area contributed by atoms with Crippen LogP contribution in [0.4, 0.5) is 6.01 Å². The third kappa shape index (κ3) is 2.54. The molecule has 1 aromatic carbocycles. The van der Waals surface area contributed by atoms with Crippen LogP contribution in [-0.4, -0.2) is 24.0 Å². The number of hydrogen-bond acceptors (Lipinski definition) is 4. The Kier molecular flexibility index (Phi) is 3.11. The van der Waals surface area contributed by atoms with E-state index in [0.29, 0.717) is 18.4 Å². The molecule has 3 rings (SSSR count). The van der Waals surface area contributed by atoms with Crippen LogP contribution < -0.4 is 10.6 Å². The molecule has 2 N–H and O–H groups in total. The van der Waals surface area contributed by atoms with Gasteiger partial charge in [0, 0.05) is 19.5 Å². The van der Waals surface area contributed by atoms with Crippen LogP contribution in [0.5, 0.6) is 0 Å². The van der Waals surface area contributed by atoms with Crippen molar-refractivity contribution in [3.05, 3.63) is 24.3 Å². The van der Waals surface area contributed by atoms with Crippen molar-refractivity contribution in [2.24, 2.45) is 11.7 Å². The van der Waals surface area contributed by atoms with Crippen molar-refractivity contribution in [2.75, 3.05) is 18.0 Å². The summed E-state index contributed by atoms with van der Waals surface area (Å²) >= 11 is 0. The SMILES string of the molecule is NC(=O)CC1CCCN(c2nc3ccccc3o2)C1. The summed E-state index contributed by atoms with van der Waals surface area (Å²) in [5.74, 6) is 0.0747. The van der Waals surface area contributed by atoms with Gasteiger partial charge in [0.15, 0.2) is 5.58 Å². The lowest BCUT2D eigenvalue weighted by Crippen LogP contribution is -2.37. The van der Waals surface area contributed by atoms with Gasteiger partial charge in [-0.1, -0.05) is 12.1 Å². The van der Waals surface area contributed by atoms with Crippen LogP contribution in [0, 0.1) is 5.92 Å². The summed E-state index contributed by atoms with van der Waals surface area (Å²) in [4.78, 5) is 17.6. The van der Waals surface area contributed by atoms with Crippen LogP contribution in [0.3, 0.4) is 0 Å². The Morgan fingerprint density at radius 3 is 3.11 bits per heavy atom. The number of oxazole rings is 1.